The molecule has 1 fully saturated rings. The normalized spacial score (nSPS) is 16.5. The summed E-state index contributed by atoms with van der Waals surface area (Å²) in [5, 5.41) is 3.06. The number of fused-ring (bicyclic) bond motifs is 1. The number of hydrogen-bond donors (Lipinski definition) is 1. The minimum Gasteiger partial charge on any atom is -0.497 e. The van der Waals surface area contributed by atoms with E-state index in [0.717, 1.165) is 42.9 Å². The van der Waals surface area contributed by atoms with Crippen LogP contribution in [0.2, 0.25) is 0 Å². The number of imide groups is 1. The average molecular weight is 421 g/mol. The second-order valence-electron chi connectivity index (χ2n) is 8.09. The van der Waals surface area contributed by atoms with Crippen LogP contribution in [0.1, 0.15) is 45.5 Å². The predicted octanol–water partition coefficient (Wildman–Crippen LogP) is 2.77. The SMILES string of the molecule is COc1ccc(N2CCC(NC(=O)CCN3C(=O)c4ccc(C)cc4C3=O)CC2)cc1. The van der Waals surface area contributed by atoms with Gasteiger partial charge in [0.05, 0.1) is 18.2 Å². The van der Waals surface area contributed by atoms with Crippen molar-refractivity contribution in [1.29, 1.82) is 0 Å². The maximum atomic E-state index is 12.5. The monoisotopic (exact) mass is 421 g/mol. The number of nitrogens with one attached hydrogen (secondary N) is 1. The molecule has 7 nitrogen and oxygen atoms in total. The number of carbonyl (C=O) groups is 3. The van der Waals surface area contributed by atoms with Crippen molar-refractivity contribution in [3.63, 3.8) is 0 Å². The largest absolute Gasteiger partial charge is 0.497 e. The molecule has 0 atom stereocenters. The van der Waals surface area contributed by atoms with E-state index >= 15 is 0 Å². The number of nitrogens with zero attached hydrogens (tertiary/aromatic N) is 2. The summed E-state index contributed by atoms with van der Waals surface area (Å²) < 4.78 is 5.20. The molecule has 0 bridgehead atoms. The van der Waals surface area contributed by atoms with Gasteiger partial charge in [-0.2, -0.15) is 0 Å². The van der Waals surface area contributed by atoms with Crippen molar-refractivity contribution in [3.05, 3.63) is 59.2 Å². The molecule has 1 saturated heterocycles. The van der Waals surface area contributed by atoms with Crippen molar-refractivity contribution < 1.29 is 19.1 Å². The number of methoxy groups -OCH3 is 1. The number of aryl methyl sites for hydroxylation is 1. The van der Waals surface area contributed by atoms with E-state index in [2.05, 4.69) is 10.2 Å². The molecule has 0 aromatic heterocycles. The average Bonchev–Trinajstić information content (AvgIpc) is 3.02. The van der Waals surface area contributed by atoms with Gasteiger partial charge in [0.1, 0.15) is 5.75 Å². The Morgan fingerprint density at radius 2 is 1.71 bits per heavy atom. The van der Waals surface area contributed by atoms with Gasteiger partial charge >= 0.3 is 0 Å². The molecule has 2 heterocycles. The zero-order valence-electron chi connectivity index (χ0n) is 17.9. The van der Waals surface area contributed by atoms with Gasteiger partial charge in [-0.1, -0.05) is 11.6 Å². The van der Waals surface area contributed by atoms with Gasteiger partial charge in [-0.05, 0) is 56.2 Å². The van der Waals surface area contributed by atoms with Crippen LogP contribution in [-0.2, 0) is 4.79 Å². The highest BCUT2D eigenvalue weighted by atomic mass is 16.5. The molecular formula is C24H27N3O4. The predicted molar refractivity (Wildman–Crippen MR) is 118 cm³/mol. The molecule has 2 aliphatic rings. The first-order valence-electron chi connectivity index (χ1n) is 10.6. The lowest BCUT2D eigenvalue weighted by Gasteiger charge is -2.34. The Hall–Kier alpha value is -3.35. The zero-order valence-corrected chi connectivity index (χ0v) is 17.9. The first-order chi connectivity index (χ1) is 15.0. The van der Waals surface area contributed by atoms with Crippen LogP contribution in [0.4, 0.5) is 5.69 Å². The topological polar surface area (TPSA) is 79.0 Å². The summed E-state index contributed by atoms with van der Waals surface area (Å²) in [6.45, 7) is 3.69. The number of rotatable bonds is 6. The van der Waals surface area contributed by atoms with E-state index in [1.54, 1.807) is 19.2 Å². The van der Waals surface area contributed by atoms with E-state index < -0.39 is 0 Å². The van der Waals surface area contributed by atoms with Crippen molar-refractivity contribution in [1.82, 2.24) is 10.2 Å². The van der Waals surface area contributed by atoms with Crippen LogP contribution in [0.3, 0.4) is 0 Å². The van der Waals surface area contributed by atoms with Crippen molar-refractivity contribution in [2.75, 3.05) is 31.6 Å². The van der Waals surface area contributed by atoms with Crippen molar-refractivity contribution in [3.8, 4) is 5.75 Å². The number of hydrogen-bond acceptors (Lipinski definition) is 5. The van der Waals surface area contributed by atoms with Gasteiger partial charge in [-0.3, -0.25) is 19.3 Å². The summed E-state index contributed by atoms with van der Waals surface area (Å²) in [4.78, 5) is 40.9. The third kappa shape index (κ3) is 4.40. The van der Waals surface area contributed by atoms with Crippen molar-refractivity contribution >= 4 is 23.4 Å². The number of carbonyl (C=O) groups excluding carboxylic acids is 3. The molecule has 1 N–H and O–H groups in total. The maximum absolute atomic E-state index is 12.5. The van der Waals surface area contributed by atoms with Gasteiger partial charge in [-0.25, -0.2) is 0 Å². The number of benzene rings is 2. The summed E-state index contributed by atoms with van der Waals surface area (Å²) in [6, 6.07) is 13.3. The van der Waals surface area contributed by atoms with Gasteiger partial charge < -0.3 is 15.0 Å². The Bertz CT molecular complexity index is 994. The fraction of sp³-hybridized carbons (Fsp3) is 0.375. The lowest BCUT2D eigenvalue weighted by Crippen LogP contribution is -2.45. The molecule has 31 heavy (non-hydrogen) atoms. The highest BCUT2D eigenvalue weighted by Crippen LogP contribution is 2.25. The Balaban J connectivity index is 1.25. The second kappa shape index (κ2) is 8.79. The molecule has 2 aromatic rings. The van der Waals surface area contributed by atoms with E-state index in [-0.39, 0.29) is 36.7 Å². The molecule has 0 spiro atoms. The Labute approximate surface area is 182 Å². The smallest absolute Gasteiger partial charge is 0.261 e. The summed E-state index contributed by atoms with van der Waals surface area (Å²) >= 11 is 0. The highest BCUT2D eigenvalue weighted by Gasteiger charge is 2.35. The van der Waals surface area contributed by atoms with Crippen LogP contribution in [0.15, 0.2) is 42.5 Å². The van der Waals surface area contributed by atoms with Crippen LogP contribution >= 0.6 is 0 Å². The lowest BCUT2D eigenvalue weighted by atomic mass is 10.0. The van der Waals surface area contributed by atoms with Crippen molar-refractivity contribution in [2.45, 2.75) is 32.2 Å². The molecule has 2 aliphatic heterocycles. The summed E-state index contributed by atoms with van der Waals surface area (Å²) in [6.07, 6.45) is 1.82. The van der Waals surface area contributed by atoms with E-state index in [9.17, 15) is 14.4 Å². The molecule has 0 saturated carbocycles. The minimum atomic E-state index is -0.319. The molecular weight excluding hydrogens is 394 g/mol. The first kappa shape index (κ1) is 20.9. The number of piperidine rings is 1. The first-order valence-corrected chi connectivity index (χ1v) is 10.6. The summed E-state index contributed by atoms with van der Waals surface area (Å²) in [5.41, 5.74) is 2.92. The fourth-order valence-corrected chi connectivity index (χ4v) is 4.20. The molecule has 3 amide bonds. The van der Waals surface area contributed by atoms with Crippen LogP contribution in [0.5, 0.6) is 5.75 Å². The van der Waals surface area contributed by atoms with Gasteiger partial charge in [0.15, 0.2) is 0 Å². The van der Waals surface area contributed by atoms with Crippen LogP contribution < -0.4 is 15.0 Å². The molecule has 4 rings (SSSR count). The van der Waals surface area contributed by atoms with Crippen LogP contribution in [0.25, 0.3) is 0 Å². The minimum absolute atomic E-state index is 0.0991. The number of amides is 3. The second-order valence-corrected chi connectivity index (χ2v) is 8.09. The molecule has 0 unspecified atom stereocenters. The van der Waals surface area contributed by atoms with E-state index in [1.807, 2.05) is 37.3 Å². The summed E-state index contributed by atoms with van der Waals surface area (Å²) in [5.74, 6) is 0.0691. The third-order valence-corrected chi connectivity index (χ3v) is 5.99. The van der Waals surface area contributed by atoms with Gasteiger partial charge in [0.25, 0.3) is 11.8 Å². The van der Waals surface area contributed by atoms with E-state index in [0.29, 0.717) is 11.1 Å². The van der Waals surface area contributed by atoms with Gasteiger partial charge in [0.2, 0.25) is 5.91 Å². The van der Waals surface area contributed by atoms with Gasteiger partial charge in [-0.15, -0.1) is 0 Å². The van der Waals surface area contributed by atoms with Crippen molar-refractivity contribution in [2.24, 2.45) is 0 Å². The van der Waals surface area contributed by atoms with Crippen LogP contribution in [0, 0.1) is 6.92 Å². The molecule has 7 heteroatoms. The zero-order chi connectivity index (χ0) is 22.0. The maximum Gasteiger partial charge on any atom is 0.261 e. The Kier molecular flexibility index (Phi) is 5.93. The Morgan fingerprint density at radius 3 is 2.39 bits per heavy atom. The Morgan fingerprint density at radius 1 is 1.03 bits per heavy atom. The van der Waals surface area contributed by atoms with Gasteiger partial charge in [0, 0.05) is 37.8 Å². The fourth-order valence-electron chi connectivity index (χ4n) is 4.20. The van der Waals surface area contributed by atoms with Crippen LogP contribution in [-0.4, -0.2) is 55.4 Å². The molecule has 0 radical (unpaired) electrons. The molecule has 162 valence electrons. The quantitative estimate of drug-likeness (QED) is 0.726. The molecule has 2 aromatic carbocycles. The summed E-state index contributed by atoms with van der Waals surface area (Å²) in [7, 11) is 1.65. The number of anilines is 1. The van der Waals surface area contributed by atoms with E-state index in [1.165, 1.54) is 4.90 Å². The third-order valence-electron chi connectivity index (χ3n) is 5.99. The molecule has 0 aliphatic carbocycles. The highest BCUT2D eigenvalue weighted by molar-refractivity contribution is 6.21. The lowest BCUT2D eigenvalue weighted by molar-refractivity contribution is -0.122. The number of ether oxygens (including phenoxy) is 1. The standard InChI is InChI=1S/C24H27N3O4/c1-16-3-8-20-21(15-16)24(30)27(23(20)29)14-11-22(28)25-17-9-12-26(13-10-17)18-4-6-19(31-2)7-5-18/h3-8,15,17H,9-14H2,1-2H3,(H,25,28). The van der Waals surface area contributed by atoms with E-state index in [4.69, 9.17) is 4.74 Å².